The van der Waals surface area contributed by atoms with Gasteiger partial charge in [-0.25, -0.2) is 9.78 Å². The Kier molecular flexibility index (Phi) is 4.57. The number of nitrogens with zero attached hydrogens (tertiary/aromatic N) is 3. The fraction of sp³-hybridized carbons (Fsp3) is 0.267. The summed E-state index contributed by atoms with van der Waals surface area (Å²) in [6.07, 6.45) is 0. The first-order valence-corrected chi connectivity index (χ1v) is 6.60. The fourth-order valence-corrected chi connectivity index (χ4v) is 1.84. The Labute approximate surface area is 123 Å². The molecule has 21 heavy (non-hydrogen) atoms. The lowest BCUT2D eigenvalue weighted by Gasteiger charge is -2.13. The maximum atomic E-state index is 11.4. The Balaban J connectivity index is 2.04. The summed E-state index contributed by atoms with van der Waals surface area (Å²) in [5.74, 6) is 0.537. The van der Waals surface area contributed by atoms with Gasteiger partial charge in [0.1, 0.15) is 11.9 Å². The van der Waals surface area contributed by atoms with Gasteiger partial charge in [0, 0.05) is 32.6 Å². The van der Waals surface area contributed by atoms with Crippen molar-refractivity contribution in [1.29, 1.82) is 5.26 Å². The van der Waals surface area contributed by atoms with E-state index in [9.17, 15) is 10.1 Å². The molecular weight excluding hydrogens is 266 g/mol. The molecule has 6 heteroatoms. The monoisotopic (exact) mass is 283 g/mol. The molecule has 6 nitrogen and oxygen atoms in total. The van der Waals surface area contributed by atoms with Crippen molar-refractivity contribution < 1.29 is 4.79 Å². The average Bonchev–Trinajstić information content (AvgIpc) is 2.50. The van der Waals surface area contributed by atoms with Gasteiger partial charge in [0.2, 0.25) is 0 Å². The Morgan fingerprint density at radius 1 is 1.33 bits per heavy atom. The number of carbonyl (C=O) groups is 1. The molecule has 2 aromatic rings. The number of hydrogen-bond acceptors (Lipinski definition) is 4. The van der Waals surface area contributed by atoms with Crippen LogP contribution < -0.4 is 10.6 Å². The van der Waals surface area contributed by atoms with Crippen molar-refractivity contribution in [1.82, 2.24) is 15.2 Å². The number of rotatable bonds is 4. The van der Waals surface area contributed by atoms with Crippen LogP contribution in [-0.4, -0.2) is 43.1 Å². The summed E-state index contributed by atoms with van der Waals surface area (Å²) in [7, 11) is 3.36. The number of amides is 2. The smallest absolute Gasteiger partial charge is 0.316 e. The number of nitriles is 1. The molecule has 0 aliphatic heterocycles. The van der Waals surface area contributed by atoms with Crippen LogP contribution in [0.3, 0.4) is 0 Å². The molecule has 1 heterocycles. The van der Waals surface area contributed by atoms with E-state index in [0.717, 1.165) is 10.9 Å². The highest BCUT2D eigenvalue weighted by atomic mass is 16.2. The molecule has 0 radical (unpaired) electrons. The topological polar surface area (TPSA) is 81.1 Å². The molecule has 108 valence electrons. The molecule has 1 aromatic carbocycles. The number of hydrogen-bond donors (Lipinski definition) is 2. The predicted octanol–water partition coefficient (Wildman–Crippen LogP) is 1.79. The van der Waals surface area contributed by atoms with Gasteiger partial charge in [0.15, 0.2) is 0 Å². The third-order valence-corrected chi connectivity index (χ3v) is 2.94. The van der Waals surface area contributed by atoms with Crippen LogP contribution in [0.25, 0.3) is 10.9 Å². The normalized spacial score (nSPS) is 9.95. The van der Waals surface area contributed by atoms with Crippen molar-refractivity contribution in [2.24, 2.45) is 0 Å². The van der Waals surface area contributed by atoms with E-state index in [0.29, 0.717) is 24.5 Å². The van der Waals surface area contributed by atoms with Crippen molar-refractivity contribution in [3.8, 4) is 6.07 Å². The van der Waals surface area contributed by atoms with Crippen LogP contribution in [0.15, 0.2) is 30.3 Å². The minimum Gasteiger partial charge on any atom is -0.367 e. The van der Waals surface area contributed by atoms with E-state index in [1.165, 1.54) is 4.90 Å². The predicted molar refractivity (Wildman–Crippen MR) is 82.0 cm³/mol. The van der Waals surface area contributed by atoms with Crippen molar-refractivity contribution in [2.45, 2.75) is 0 Å². The standard InChI is InChI=1S/C15H17N5O/c1-20(2)15(21)18-8-7-17-14-12(10-16)9-11-5-3-4-6-13(11)19-14/h3-6,9H,7-8H2,1-2H3,(H,17,19)(H,18,21). The molecule has 0 aliphatic carbocycles. The molecule has 1 aromatic heterocycles. The van der Waals surface area contributed by atoms with Gasteiger partial charge in [0.25, 0.3) is 0 Å². The maximum absolute atomic E-state index is 11.4. The fourth-order valence-electron chi connectivity index (χ4n) is 1.84. The van der Waals surface area contributed by atoms with Gasteiger partial charge in [0.05, 0.1) is 11.1 Å². The minimum atomic E-state index is -0.149. The summed E-state index contributed by atoms with van der Waals surface area (Å²) in [5.41, 5.74) is 1.32. The molecule has 0 unspecified atom stereocenters. The van der Waals surface area contributed by atoms with E-state index < -0.39 is 0 Å². The molecule has 2 rings (SSSR count). The molecule has 0 saturated carbocycles. The molecule has 2 amide bonds. The first-order valence-electron chi connectivity index (χ1n) is 6.60. The Hall–Kier alpha value is -2.81. The molecule has 0 spiro atoms. The lowest BCUT2D eigenvalue weighted by molar-refractivity contribution is 0.218. The number of nitrogens with one attached hydrogen (secondary N) is 2. The number of carbonyl (C=O) groups excluding carboxylic acids is 1. The average molecular weight is 283 g/mol. The number of urea groups is 1. The van der Waals surface area contributed by atoms with Crippen LogP contribution in [0.5, 0.6) is 0 Å². The summed E-state index contributed by atoms with van der Waals surface area (Å²) in [6.45, 7) is 0.954. The van der Waals surface area contributed by atoms with Crippen LogP contribution in [0.4, 0.5) is 10.6 Å². The van der Waals surface area contributed by atoms with Crippen molar-refractivity contribution in [3.05, 3.63) is 35.9 Å². The summed E-state index contributed by atoms with van der Waals surface area (Å²) in [4.78, 5) is 17.3. The molecule has 0 atom stereocenters. The van der Waals surface area contributed by atoms with Crippen molar-refractivity contribution in [3.63, 3.8) is 0 Å². The van der Waals surface area contributed by atoms with Gasteiger partial charge in [-0.1, -0.05) is 18.2 Å². The van der Waals surface area contributed by atoms with Gasteiger partial charge in [-0.15, -0.1) is 0 Å². The molecule has 0 saturated heterocycles. The Morgan fingerprint density at radius 3 is 2.81 bits per heavy atom. The van der Waals surface area contributed by atoms with Gasteiger partial charge in [-0.2, -0.15) is 5.26 Å². The highest BCUT2D eigenvalue weighted by Gasteiger charge is 2.06. The third kappa shape index (κ3) is 3.60. The molecule has 2 N–H and O–H groups in total. The van der Waals surface area contributed by atoms with E-state index in [-0.39, 0.29) is 6.03 Å². The highest BCUT2D eigenvalue weighted by molar-refractivity contribution is 5.82. The lowest BCUT2D eigenvalue weighted by Crippen LogP contribution is -2.37. The Bertz CT molecular complexity index is 690. The first-order chi connectivity index (χ1) is 10.1. The SMILES string of the molecule is CN(C)C(=O)NCCNc1nc2ccccc2cc1C#N. The van der Waals surface area contributed by atoms with Gasteiger partial charge >= 0.3 is 6.03 Å². The number of fused-ring (bicyclic) bond motifs is 1. The molecule has 0 bridgehead atoms. The van der Waals surface area contributed by atoms with Crippen LogP contribution in [0.2, 0.25) is 0 Å². The summed E-state index contributed by atoms with van der Waals surface area (Å²) in [5, 5.41) is 15.9. The molecule has 0 aliphatic rings. The van der Waals surface area contributed by atoms with Crippen LogP contribution in [0.1, 0.15) is 5.56 Å². The van der Waals surface area contributed by atoms with Crippen LogP contribution in [0, 0.1) is 11.3 Å². The third-order valence-electron chi connectivity index (χ3n) is 2.94. The van der Waals surface area contributed by atoms with Crippen molar-refractivity contribution in [2.75, 3.05) is 32.5 Å². The second-order valence-corrected chi connectivity index (χ2v) is 4.74. The Morgan fingerprint density at radius 2 is 2.10 bits per heavy atom. The number of anilines is 1. The second kappa shape index (κ2) is 6.57. The molecular formula is C15H17N5O. The molecule has 0 fully saturated rings. The summed E-state index contributed by atoms with van der Waals surface area (Å²) < 4.78 is 0. The van der Waals surface area contributed by atoms with E-state index in [1.807, 2.05) is 30.3 Å². The zero-order chi connectivity index (χ0) is 15.2. The minimum absolute atomic E-state index is 0.149. The lowest BCUT2D eigenvalue weighted by atomic mass is 10.1. The summed E-state index contributed by atoms with van der Waals surface area (Å²) >= 11 is 0. The maximum Gasteiger partial charge on any atom is 0.316 e. The largest absolute Gasteiger partial charge is 0.367 e. The zero-order valence-electron chi connectivity index (χ0n) is 12.1. The van der Waals surface area contributed by atoms with E-state index in [4.69, 9.17) is 0 Å². The second-order valence-electron chi connectivity index (χ2n) is 4.74. The summed E-state index contributed by atoms with van der Waals surface area (Å²) in [6, 6.07) is 11.4. The van der Waals surface area contributed by atoms with Gasteiger partial charge in [-0.3, -0.25) is 0 Å². The van der Waals surface area contributed by atoms with Gasteiger partial charge in [-0.05, 0) is 12.1 Å². The first kappa shape index (κ1) is 14.6. The zero-order valence-corrected chi connectivity index (χ0v) is 12.1. The highest BCUT2D eigenvalue weighted by Crippen LogP contribution is 2.19. The van der Waals surface area contributed by atoms with E-state index in [1.54, 1.807) is 14.1 Å². The van der Waals surface area contributed by atoms with Crippen LogP contribution in [-0.2, 0) is 0 Å². The van der Waals surface area contributed by atoms with Crippen molar-refractivity contribution >= 4 is 22.8 Å². The van der Waals surface area contributed by atoms with Crippen LogP contribution >= 0.6 is 0 Å². The van der Waals surface area contributed by atoms with E-state index in [2.05, 4.69) is 21.7 Å². The van der Waals surface area contributed by atoms with Gasteiger partial charge < -0.3 is 15.5 Å². The number of pyridine rings is 1. The number of benzene rings is 1. The number of aromatic nitrogens is 1. The van der Waals surface area contributed by atoms with E-state index >= 15 is 0 Å². The number of para-hydroxylation sites is 1. The quantitative estimate of drug-likeness (QED) is 0.838.